The zero-order chi connectivity index (χ0) is 21.5. The average Bonchev–Trinajstić information content (AvgIpc) is 3.05. The summed E-state index contributed by atoms with van der Waals surface area (Å²) in [5.41, 5.74) is 4.91. The first-order valence-electron chi connectivity index (χ1n) is 10.8. The van der Waals surface area contributed by atoms with Crippen molar-refractivity contribution in [2.45, 2.75) is 25.7 Å². The molecule has 31 heavy (non-hydrogen) atoms. The van der Waals surface area contributed by atoms with E-state index in [4.69, 9.17) is 0 Å². The smallest absolute Gasteiger partial charge is 0.238 e. The van der Waals surface area contributed by atoms with E-state index in [2.05, 4.69) is 12.2 Å². The number of hydrogen-bond acceptors (Lipinski definition) is 2. The van der Waals surface area contributed by atoms with Crippen molar-refractivity contribution in [2.75, 3.05) is 4.90 Å². The minimum atomic E-state index is -0.411. The molecule has 3 aromatic carbocycles. The van der Waals surface area contributed by atoms with Gasteiger partial charge in [-0.15, -0.1) is 0 Å². The first-order valence-corrected chi connectivity index (χ1v) is 10.8. The second kappa shape index (κ2) is 7.66. The molecule has 1 heterocycles. The lowest BCUT2D eigenvalue weighted by Gasteiger charge is -2.32. The maximum Gasteiger partial charge on any atom is 0.238 e. The molecule has 0 bridgehead atoms. The Balaban J connectivity index is 1.64. The Labute approximate surface area is 183 Å². The Morgan fingerprint density at radius 3 is 1.58 bits per heavy atom. The van der Waals surface area contributed by atoms with Crippen molar-refractivity contribution in [1.82, 2.24) is 0 Å². The van der Waals surface area contributed by atoms with E-state index in [9.17, 15) is 9.59 Å². The van der Waals surface area contributed by atoms with Gasteiger partial charge < -0.3 is 0 Å². The number of amides is 2. The van der Waals surface area contributed by atoms with E-state index in [1.807, 2.05) is 92.7 Å². The first-order chi connectivity index (χ1) is 15.1. The van der Waals surface area contributed by atoms with Gasteiger partial charge in [0.15, 0.2) is 0 Å². The summed E-state index contributed by atoms with van der Waals surface area (Å²) in [4.78, 5) is 29.1. The van der Waals surface area contributed by atoms with Crippen LogP contribution < -0.4 is 4.90 Å². The number of imide groups is 1. The molecule has 2 aliphatic rings. The molecule has 1 aliphatic carbocycles. The monoisotopic (exact) mass is 407 g/mol. The Hall–Kier alpha value is -3.46. The number of rotatable bonds is 3. The van der Waals surface area contributed by atoms with Crippen LogP contribution in [0.1, 0.15) is 34.1 Å². The summed E-state index contributed by atoms with van der Waals surface area (Å²) in [6.45, 7) is 3.98. The number of fused-ring (bicyclic) bond motifs is 1. The van der Waals surface area contributed by atoms with Crippen LogP contribution in [0.3, 0.4) is 0 Å². The topological polar surface area (TPSA) is 37.4 Å². The second-order valence-corrected chi connectivity index (χ2v) is 8.61. The molecule has 0 spiro atoms. The summed E-state index contributed by atoms with van der Waals surface area (Å²) in [6.07, 6.45) is 4.26. The maximum atomic E-state index is 13.8. The van der Waals surface area contributed by atoms with Gasteiger partial charge in [0.2, 0.25) is 11.8 Å². The summed E-state index contributed by atoms with van der Waals surface area (Å²) in [6, 6.07) is 26.0. The molecule has 3 heteroatoms. The van der Waals surface area contributed by atoms with Gasteiger partial charge in [-0.2, -0.15) is 0 Å². The molecular weight excluding hydrogens is 382 g/mol. The van der Waals surface area contributed by atoms with Crippen LogP contribution in [0.4, 0.5) is 5.69 Å². The fourth-order valence-corrected chi connectivity index (χ4v) is 5.23. The fourth-order valence-electron chi connectivity index (χ4n) is 5.23. The Kier molecular flexibility index (Phi) is 4.82. The predicted octanol–water partition coefficient (Wildman–Crippen LogP) is 5.55. The van der Waals surface area contributed by atoms with E-state index in [0.29, 0.717) is 5.69 Å². The van der Waals surface area contributed by atoms with Gasteiger partial charge in [-0.1, -0.05) is 90.5 Å². The fraction of sp³-hybridized carbons (Fsp3) is 0.214. The third kappa shape index (κ3) is 3.21. The number of carbonyl (C=O) groups is 2. The summed E-state index contributed by atoms with van der Waals surface area (Å²) in [7, 11) is 0. The van der Waals surface area contributed by atoms with E-state index < -0.39 is 11.8 Å². The third-order valence-corrected chi connectivity index (χ3v) is 6.66. The first kappa shape index (κ1) is 19.5. The number of carbonyl (C=O) groups excluding carboxylic acids is 2. The van der Waals surface area contributed by atoms with Crippen molar-refractivity contribution in [3.8, 4) is 0 Å². The Morgan fingerprint density at radius 2 is 1.13 bits per heavy atom. The number of aryl methyl sites for hydroxylation is 2. The van der Waals surface area contributed by atoms with Crippen LogP contribution in [0, 0.1) is 25.7 Å². The summed E-state index contributed by atoms with van der Waals surface area (Å²) in [5.74, 6) is -1.24. The molecule has 3 nitrogen and oxygen atoms in total. The Bertz CT molecular complexity index is 1100. The summed E-state index contributed by atoms with van der Waals surface area (Å²) >= 11 is 0. The van der Waals surface area contributed by atoms with Crippen molar-refractivity contribution < 1.29 is 9.59 Å². The van der Waals surface area contributed by atoms with Gasteiger partial charge in [-0.3, -0.25) is 9.59 Å². The van der Waals surface area contributed by atoms with Gasteiger partial charge in [0, 0.05) is 11.8 Å². The molecule has 4 unspecified atom stereocenters. The molecule has 0 radical (unpaired) electrons. The molecule has 154 valence electrons. The van der Waals surface area contributed by atoms with Crippen LogP contribution >= 0.6 is 0 Å². The minimum Gasteiger partial charge on any atom is -0.274 e. The average molecular weight is 408 g/mol. The minimum absolute atomic E-state index is 0.0962. The van der Waals surface area contributed by atoms with E-state index in [-0.39, 0.29) is 23.7 Å². The molecule has 1 aliphatic heterocycles. The second-order valence-electron chi connectivity index (χ2n) is 8.61. The summed E-state index contributed by atoms with van der Waals surface area (Å²) < 4.78 is 0. The van der Waals surface area contributed by atoms with Crippen LogP contribution in [-0.4, -0.2) is 11.8 Å². The SMILES string of the molecule is Cc1ccc(N2C(=O)C3C(c4ccccc4)C=CC(c4ccccc4)C3C2=O)c(C)c1. The lowest BCUT2D eigenvalue weighted by molar-refractivity contribution is -0.122. The molecule has 3 aromatic rings. The van der Waals surface area contributed by atoms with Crippen molar-refractivity contribution in [1.29, 1.82) is 0 Å². The van der Waals surface area contributed by atoms with E-state index >= 15 is 0 Å². The van der Waals surface area contributed by atoms with Crippen molar-refractivity contribution >= 4 is 17.5 Å². The Morgan fingerprint density at radius 1 is 0.645 bits per heavy atom. The zero-order valence-electron chi connectivity index (χ0n) is 17.7. The van der Waals surface area contributed by atoms with Crippen molar-refractivity contribution in [3.05, 3.63) is 113 Å². The van der Waals surface area contributed by atoms with E-state index in [0.717, 1.165) is 22.3 Å². The molecule has 0 saturated carbocycles. The highest BCUT2D eigenvalue weighted by Gasteiger charge is 2.55. The lowest BCUT2D eigenvalue weighted by Crippen LogP contribution is -2.32. The van der Waals surface area contributed by atoms with E-state index in [1.165, 1.54) is 4.90 Å². The number of benzene rings is 3. The van der Waals surface area contributed by atoms with Crippen LogP contribution in [0.25, 0.3) is 0 Å². The third-order valence-electron chi connectivity index (χ3n) is 6.66. The molecular formula is C28H25NO2. The highest BCUT2D eigenvalue weighted by molar-refractivity contribution is 6.23. The van der Waals surface area contributed by atoms with Crippen LogP contribution in [0.5, 0.6) is 0 Å². The number of allylic oxidation sites excluding steroid dienone is 2. The van der Waals surface area contributed by atoms with Gasteiger partial charge in [0.25, 0.3) is 0 Å². The number of hydrogen-bond donors (Lipinski definition) is 0. The highest BCUT2D eigenvalue weighted by Crippen LogP contribution is 2.50. The van der Waals surface area contributed by atoms with Crippen molar-refractivity contribution in [2.24, 2.45) is 11.8 Å². The highest BCUT2D eigenvalue weighted by atomic mass is 16.2. The molecule has 1 fully saturated rings. The van der Waals surface area contributed by atoms with Gasteiger partial charge in [0.1, 0.15) is 0 Å². The molecule has 1 saturated heterocycles. The predicted molar refractivity (Wildman–Crippen MR) is 123 cm³/mol. The largest absolute Gasteiger partial charge is 0.274 e. The molecule has 4 atom stereocenters. The van der Waals surface area contributed by atoms with Gasteiger partial charge >= 0.3 is 0 Å². The van der Waals surface area contributed by atoms with Gasteiger partial charge in [-0.05, 0) is 36.6 Å². The van der Waals surface area contributed by atoms with Crippen LogP contribution in [0.15, 0.2) is 91.0 Å². The maximum absolute atomic E-state index is 13.8. The lowest BCUT2D eigenvalue weighted by atomic mass is 9.68. The van der Waals surface area contributed by atoms with E-state index in [1.54, 1.807) is 0 Å². The van der Waals surface area contributed by atoms with Crippen LogP contribution in [-0.2, 0) is 9.59 Å². The quantitative estimate of drug-likeness (QED) is 0.422. The summed E-state index contributed by atoms with van der Waals surface area (Å²) in [5, 5.41) is 0. The number of anilines is 1. The van der Waals surface area contributed by atoms with Gasteiger partial charge in [-0.25, -0.2) is 4.90 Å². The normalized spacial score (nSPS) is 25.0. The van der Waals surface area contributed by atoms with Crippen LogP contribution in [0.2, 0.25) is 0 Å². The molecule has 0 aromatic heterocycles. The zero-order valence-corrected chi connectivity index (χ0v) is 17.7. The van der Waals surface area contributed by atoms with Crippen molar-refractivity contribution in [3.63, 3.8) is 0 Å². The number of nitrogens with zero attached hydrogens (tertiary/aromatic N) is 1. The molecule has 0 N–H and O–H groups in total. The standard InChI is InChI=1S/C28H25NO2/c1-18-13-16-24(19(2)17-18)29-27(30)25-22(20-9-5-3-6-10-20)14-15-23(26(25)28(29)31)21-11-7-4-8-12-21/h3-17,22-23,25-26H,1-2H3. The molecule has 5 rings (SSSR count). The molecule has 2 amide bonds. The van der Waals surface area contributed by atoms with Gasteiger partial charge in [0.05, 0.1) is 17.5 Å².